The van der Waals surface area contributed by atoms with Crippen molar-refractivity contribution in [2.75, 3.05) is 0 Å². The Kier molecular flexibility index (Phi) is 4.20. The van der Waals surface area contributed by atoms with Gasteiger partial charge in [-0.25, -0.2) is 0 Å². The molecule has 1 saturated carbocycles. The van der Waals surface area contributed by atoms with E-state index in [0.717, 1.165) is 25.0 Å². The summed E-state index contributed by atoms with van der Waals surface area (Å²) in [6.07, 6.45) is -0.00849. The standard InChI is InChI=1S/C16H18F3N3/c17-16(18,19)14-6-2-1-4-12(14)13-5-3-7-15(13)20-10-11-8-9-21-22-11/h1-2,4,6,8-9,13,15,20H,3,5,7,10H2,(H,21,22)/t13-,15-/m0/s1. The van der Waals surface area contributed by atoms with Crippen LogP contribution in [0.4, 0.5) is 13.2 Å². The molecule has 1 heterocycles. The molecule has 0 radical (unpaired) electrons. The van der Waals surface area contributed by atoms with E-state index in [1.807, 2.05) is 6.07 Å². The molecule has 0 bridgehead atoms. The van der Waals surface area contributed by atoms with Crippen LogP contribution in [-0.2, 0) is 12.7 Å². The van der Waals surface area contributed by atoms with E-state index >= 15 is 0 Å². The zero-order valence-corrected chi connectivity index (χ0v) is 12.0. The summed E-state index contributed by atoms with van der Waals surface area (Å²) in [6.45, 7) is 0.593. The van der Waals surface area contributed by atoms with Gasteiger partial charge >= 0.3 is 6.18 Å². The van der Waals surface area contributed by atoms with Gasteiger partial charge in [0.25, 0.3) is 0 Å². The second-order valence-electron chi connectivity index (χ2n) is 5.69. The highest BCUT2D eigenvalue weighted by atomic mass is 19.4. The second-order valence-corrected chi connectivity index (χ2v) is 5.69. The van der Waals surface area contributed by atoms with Crippen molar-refractivity contribution in [2.45, 2.75) is 43.9 Å². The van der Waals surface area contributed by atoms with E-state index < -0.39 is 11.7 Å². The van der Waals surface area contributed by atoms with Crippen molar-refractivity contribution < 1.29 is 13.2 Å². The molecule has 1 fully saturated rings. The zero-order chi connectivity index (χ0) is 15.6. The fourth-order valence-corrected chi connectivity index (χ4v) is 3.28. The van der Waals surface area contributed by atoms with Crippen LogP contribution in [0.25, 0.3) is 0 Å². The summed E-state index contributed by atoms with van der Waals surface area (Å²) in [4.78, 5) is 0. The van der Waals surface area contributed by atoms with Crippen LogP contribution in [0.2, 0.25) is 0 Å². The van der Waals surface area contributed by atoms with E-state index in [1.54, 1.807) is 18.3 Å². The van der Waals surface area contributed by atoms with Gasteiger partial charge in [0.15, 0.2) is 0 Å². The van der Waals surface area contributed by atoms with Crippen molar-refractivity contribution in [3.8, 4) is 0 Å². The van der Waals surface area contributed by atoms with Gasteiger partial charge < -0.3 is 5.32 Å². The van der Waals surface area contributed by atoms with Crippen LogP contribution in [0.3, 0.4) is 0 Å². The number of halogens is 3. The van der Waals surface area contributed by atoms with E-state index in [9.17, 15) is 13.2 Å². The third-order valence-electron chi connectivity index (χ3n) is 4.29. The molecule has 3 nitrogen and oxygen atoms in total. The number of rotatable bonds is 4. The Hall–Kier alpha value is -1.82. The molecule has 22 heavy (non-hydrogen) atoms. The average Bonchev–Trinajstić information content (AvgIpc) is 3.15. The summed E-state index contributed by atoms with van der Waals surface area (Å²) in [6, 6.07) is 7.86. The minimum absolute atomic E-state index is 0.0619. The molecule has 0 spiro atoms. The molecule has 0 unspecified atom stereocenters. The first-order valence-electron chi connectivity index (χ1n) is 7.43. The van der Waals surface area contributed by atoms with Gasteiger partial charge in [-0.05, 0) is 36.5 Å². The summed E-state index contributed by atoms with van der Waals surface area (Å²) < 4.78 is 39.6. The van der Waals surface area contributed by atoms with Crippen LogP contribution in [0.5, 0.6) is 0 Å². The lowest BCUT2D eigenvalue weighted by Gasteiger charge is -2.24. The lowest BCUT2D eigenvalue weighted by molar-refractivity contribution is -0.138. The molecular formula is C16H18F3N3. The number of hydrogen-bond donors (Lipinski definition) is 2. The first-order chi connectivity index (χ1) is 10.6. The van der Waals surface area contributed by atoms with Gasteiger partial charge in [0.1, 0.15) is 0 Å². The molecule has 0 saturated heterocycles. The Morgan fingerprint density at radius 2 is 2.00 bits per heavy atom. The minimum Gasteiger partial charge on any atom is -0.308 e. The normalized spacial score (nSPS) is 22.1. The van der Waals surface area contributed by atoms with E-state index in [4.69, 9.17) is 0 Å². The molecule has 1 aliphatic rings. The van der Waals surface area contributed by atoms with E-state index in [0.29, 0.717) is 12.1 Å². The molecule has 1 aromatic carbocycles. The van der Waals surface area contributed by atoms with Gasteiger partial charge in [-0.15, -0.1) is 0 Å². The number of nitrogens with zero attached hydrogens (tertiary/aromatic N) is 1. The van der Waals surface area contributed by atoms with Gasteiger partial charge in [0.2, 0.25) is 0 Å². The van der Waals surface area contributed by atoms with E-state index in [-0.39, 0.29) is 12.0 Å². The summed E-state index contributed by atoms with van der Waals surface area (Å²) >= 11 is 0. The number of benzene rings is 1. The lowest BCUT2D eigenvalue weighted by Crippen LogP contribution is -2.31. The number of aromatic amines is 1. The SMILES string of the molecule is FC(F)(F)c1ccccc1[C@@H]1CCC[C@@H]1NCc1ccn[nH]1. The largest absolute Gasteiger partial charge is 0.416 e. The summed E-state index contributed by atoms with van der Waals surface area (Å²) in [5.41, 5.74) is 0.847. The monoisotopic (exact) mass is 309 g/mol. The first kappa shape index (κ1) is 15.1. The van der Waals surface area contributed by atoms with Gasteiger partial charge in [0, 0.05) is 24.5 Å². The van der Waals surface area contributed by atoms with Gasteiger partial charge in [-0.2, -0.15) is 18.3 Å². The Labute approximate surface area is 126 Å². The van der Waals surface area contributed by atoms with Gasteiger partial charge in [-0.1, -0.05) is 24.6 Å². The Morgan fingerprint density at radius 3 is 2.73 bits per heavy atom. The number of alkyl halides is 3. The number of aromatic nitrogens is 2. The summed E-state index contributed by atoms with van der Waals surface area (Å²) in [5.74, 6) is -0.0965. The van der Waals surface area contributed by atoms with E-state index in [2.05, 4.69) is 15.5 Å². The van der Waals surface area contributed by atoms with Crippen molar-refractivity contribution in [3.05, 3.63) is 53.3 Å². The van der Waals surface area contributed by atoms with Crippen molar-refractivity contribution in [2.24, 2.45) is 0 Å². The fourth-order valence-electron chi connectivity index (χ4n) is 3.28. The maximum absolute atomic E-state index is 13.2. The number of H-pyrrole nitrogens is 1. The molecule has 0 amide bonds. The average molecular weight is 309 g/mol. The molecule has 0 aliphatic heterocycles. The van der Waals surface area contributed by atoms with Crippen LogP contribution in [0.15, 0.2) is 36.5 Å². The smallest absolute Gasteiger partial charge is 0.308 e. The number of hydrogen-bond acceptors (Lipinski definition) is 2. The Morgan fingerprint density at radius 1 is 1.18 bits per heavy atom. The topological polar surface area (TPSA) is 40.7 Å². The molecule has 6 heteroatoms. The molecular weight excluding hydrogens is 291 g/mol. The summed E-state index contributed by atoms with van der Waals surface area (Å²) in [5, 5.41) is 10.1. The third kappa shape index (κ3) is 3.16. The van der Waals surface area contributed by atoms with E-state index in [1.165, 1.54) is 12.1 Å². The van der Waals surface area contributed by atoms with Crippen LogP contribution in [-0.4, -0.2) is 16.2 Å². The van der Waals surface area contributed by atoms with Crippen LogP contribution in [0.1, 0.15) is 42.0 Å². The Balaban J connectivity index is 1.78. The Bertz CT molecular complexity index is 607. The highest BCUT2D eigenvalue weighted by Crippen LogP contribution is 2.41. The second kappa shape index (κ2) is 6.12. The van der Waals surface area contributed by atoms with Crippen LogP contribution >= 0.6 is 0 Å². The lowest BCUT2D eigenvalue weighted by atomic mass is 9.89. The highest BCUT2D eigenvalue weighted by molar-refractivity contribution is 5.34. The summed E-state index contributed by atoms with van der Waals surface area (Å²) in [7, 11) is 0. The van der Waals surface area contributed by atoms with Crippen molar-refractivity contribution in [3.63, 3.8) is 0 Å². The number of nitrogens with one attached hydrogen (secondary N) is 2. The molecule has 118 valence electrons. The zero-order valence-electron chi connectivity index (χ0n) is 12.0. The van der Waals surface area contributed by atoms with Gasteiger partial charge in [0.05, 0.1) is 5.56 Å². The predicted molar refractivity (Wildman–Crippen MR) is 77.3 cm³/mol. The highest BCUT2D eigenvalue weighted by Gasteiger charge is 2.38. The maximum atomic E-state index is 13.2. The molecule has 2 aromatic rings. The molecule has 2 N–H and O–H groups in total. The third-order valence-corrected chi connectivity index (χ3v) is 4.29. The van der Waals surface area contributed by atoms with Crippen LogP contribution < -0.4 is 5.32 Å². The van der Waals surface area contributed by atoms with Gasteiger partial charge in [-0.3, -0.25) is 5.10 Å². The molecule has 1 aromatic heterocycles. The molecule has 3 rings (SSSR count). The molecule has 1 aliphatic carbocycles. The van der Waals surface area contributed by atoms with Crippen molar-refractivity contribution in [1.29, 1.82) is 0 Å². The minimum atomic E-state index is -4.30. The quantitative estimate of drug-likeness (QED) is 0.900. The van der Waals surface area contributed by atoms with Crippen molar-refractivity contribution in [1.82, 2.24) is 15.5 Å². The maximum Gasteiger partial charge on any atom is 0.416 e. The van der Waals surface area contributed by atoms with Crippen LogP contribution in [0, 0.1) is 0 Å². The van der Waals surface area contributed by atoms with Crippen molar-refractivity contribution >= 4 is 0 Å². The molecule has 2 atom stereocenters. The first-order valence-corrected chi connectivity index (χ1v) is 7.43. The predicted octanol–water partition coefficient (Wildman–Crippen LogP) is 3.85. The fraction of sp³-hybridized carbons (Fsp3) is 0.438.